The van der Waals surface area contributed by atoms with E-state index in [4.69, 9.17) is 5.11 Å². The van der Waals surface area contributed by atoms with Gasteiger partial charge >= 0.3 is 5.97 Å². The molecule has 2 N–H and O–H groups in total. The van der Waals surface area contributed by atoms with Gasteiger partial charge in [0.2, 0.25) is 0 Å². The van der Waals surface area contributed by atoms with E-state index in [-0.39, 0.29) is 17.4 Å². The van der Waals surface area contributed by atoms with Gasteiger partial charge in [-0.1, -0.05) is 26.7 Å². The van der Waals surface area contributed by atoms with Gasteiger partial charge in [-0.3, -0.25) is 0 Å². The molecule has 0 saturated heterocycles. The molecule has 0 aromatic carbocycles. The Kier molecular flexibility index (Phi) is 5.73. The highest BCUT2D eigenvalue weighted by Gasteiger charge is 2.16. The van der Waals surface area contributed by atoms with Crippen LogP contribution in [-0.4, -0.2) is 22.1 Å². The van der Waals surface area contributed by atoms with Crippen LogP contribution >= 0.6 is 0 Å². The van der Waals surface area contributed by atoms with E-state index in [0.29, 0.717) is 5.92 Å². The van der Waals surface area contributed by atoms with E-state index in [1.54, 1.807) is 0 Å². The Balaban J connectivity index is 2.61. The topological polar surface area (TPSA) is 62.2 Å². The zero-order valence-electron chi connectivity index (χ0n) is 11.6. The van der Waals surface area contributed by atoms with Gasteiger partial charge in [0.05, 0.1) is 0 Å². The van der Waals surface area contributed by atoms with Crippen LogP contribution in [0, 0.1) is 11.7 Å². The number of nitrogens with one attached hydrogen (secondary N) is 1. The average Bonchev–Trinajstić information content (AvgIpc) is 2.31. The second-order valence-electron chi connectivity index (χ2n) is 5.20. The molecule has 106 valence electrons. The van der Waals surface area contributed by atoms with Gasteiger partial charge in [-0.25, -0.2) is 14.2 Å². The van der Waals surface area contributed by atoms with Crippen LogP contribution in [0.3, 0.4) is 0 Å². The fourth-order valence-electron chi connectivity index (χ4n) is 1.85. The van der Waals surface area contributed by atoms with E-state index in [2.05, 4.69) is 24.1 Å². The van der Waals surface area contributed by atoms with Crippen molar-refractivity contribution < 1.29 is 14.3 Å². The Bertz CT molecular complexity index is 435. The van der Waals surface area contributed by atoms with Gasteiger partial charge in [-0.15, -0.1) is 0 Å². The summed E-state index contributed by atoms with van der Waals surface area (Å²) in [6.45, 7) is 6.26. The summed E-state index contributed by atoms with van der Waals surface area (Å²) < 4.78 is 13.8. The first kappa shape index (κ1) is 15.4. The van der Waals surface area contributed by atoms with Crippen molar-refractivity contribution in [2.24, 2.45) is 5.92 Å². The molecule has 0 bridgehead atoms. The predicted octanol–water partition coefficient (Wildman–Crippen LogP) is 3.55. The number of hydrogen-bond donors (Lipinski definition) is 2. The zero-order valence-corrected chi connectivity index (χ0v) is 11.6. The first-order chi connectivity index (χ1) is 8.91. The van der Waals surface area contributed by atoms with Crippen molar-refractivity contribution in [3.63, 3.8) is 0 Å². The molecular weight excluding hydrogens is 247 g/mol. The molecule has 1 aromatic heterocycles. The Hall–Kier alpha value is -1.65. The summed E-state index contributed by atoms with van der Waals surface area (Å²) in [6, 6.07) is 1.22. The lowest BCUT2D eigenvalue weighted by Gasteiger charge is -2.16. The molecule has 1 aromatic rings. The number of carbonyl (C=O) groups is 1. The van der Waals surface area contributed by atoms with Gasteiger partial charge in [0.15, 0.2) is 11.6 Å². The highest BCUT2D eigenvalue weighted by molar-refractivity contribution is 5.88. The van der Waals surface area contributed by atoms with Gasteiger partial charge in [-0.05, 0) is 25.3 Å². The Morgan fingerprint density at radius 1 is 1.42 bits per heavy atom. The van der Waals surface area contributed by atoms with Gasteiger partial charge in [0.1, 0.15) is 5.56 Å². The molecule has 0 fully saturated rings. The third-order valence-corrected chi connectivity index (χ3v) is 2.92. The minimum atomic E-state index is -1.28. The predicted molar refractivity (Wildman–Crippen MR) is 72.9 cm³/mol. The maximum Gasteiger partial charge on any atom is 0.338 e. The van der Waals surface area contributed by atoms with E-state index in [1.165, 1.54) is 6.20 Å². The summed E-state index contributed by atoms with van der Waals surface area (Å²) in [7, 11) is 0. The van der Waals surface area contributed by atoms with Crippen molar-refractivity contribution in [3.05, 3.63) is 23.6 Å². The molecule has 0 aliphatic rings. The maximum atomic E-state index is 13.8. The number of aromatic nitrogens is 1. The number of hydrogen-bond acceptors (Lipinski definition) is 3. The molecular formula is C14H21FN2O2. The average molecular weight is 268 g/mol. The summed E-state index contributed by atoms with van der Waals surface area (Å²) >= 11 is 0. The molecule has 19 heavy (non-hydrogen) atoms. The molecule has 0 aliphatic heterocycles. The summed E-state index contributed by atoms with van der Waals surface area (Å²) in [5.74, 6) is -1.42. The van der Waals surface area contributed by atoms with Gasteiger partial charge < -0.3 is 10.4 Å². The lowest BCUT2D eigenvalue weighted by molar-refractivity contribution is 0.0692. The van der Waals surface area contributed by atoms with E-state index >= 15 is 0 Å². The number of carboxylic acids is 1. The number of nitrogens with zero attached hydrogens (tertiary/aromatic N) is 1. The summed E-state index contributed by atoms with van der Waals surface area (Å²) in [5, 5.41) is 11.8. The van der Waals surface area contributed by atoms with Crippen molar-refractivity contribution in [3.8, 4) is 0 Å². The molecule has 1 unspecified atom stereocenters. The van der Waals surface area contributed by atoms with Crippen LogP contribution < -0.4 is 5.32 Å². The standard InChI is InChI=1S/C14H21FN2O2/c1-9(2)5-4-6-10(3)17-13-12(15)11(14(18)19)7-8-16-13/h7-10H,4-6H2,1-3H3,(H,16,17)(H,18,19). The molecule has 4 nitrogen and oxygen atoms in total. The lowest BCUT2D eigenvalue weighted by atomic mass is 10.0. The number of carboxylic acid groups (broad SMARTS) is 1. The van der Waals surface area contributed by atoms with Crippen molar-refractivity contribution in [2.45, 2.75) is 46.1 Å². The summed E-state index contributed by atoms with van der Waals surface area (Å²) in [5.41, 5.74) is -0.355. The van der Waals surface area contributed by atoms with Crippen LogP contribution in [0.4, 0.5) is 10.2 Å². The third kappa shape index (κ3) is 4.85. The Labute approximate surface area is 113 Å². The Morgan fingerprint density at radius 3 is 2.68 bits per heavy atom. The number of halogens is 1. The Morgan fingerprint density at radius 2 is 2.11 bits per heavy atom. The highest BCUT2D eigenvalue weighted by Crippen LogP contribution is 2.17. The number of aromatic carboxylic acids is 1. The van der Waals surface area contributed by atoms with Crippen LogP contribution in [-0.2, 0) is 0 Å². The van der Waals surface area contributed by atoms with E-state index in [1.807, 2.05) is 6.92 Å². The van der Waals surface area contributed by atoms with Crippen molar-refractivity contribution in [1.29, 1.82) is 0 Å². The third-order valence-electron chi connectivity index (χ3n) is 2.92. The van der Waals surface area contributed by atoms with Crippen LogP contribution in [0.15, 0.2) is 12.3 Å². The highest BCUT2D eigenvalue weighted by atomic mass is 19.1. The monoisotopic (exact) mass is 268 g/mol. The smallest absolute Gasteiger partial charge is 0.338 e. The minimum Gasteiger partial charge on any atom is -0.478 e. The van der Waals surface area contributed by atoms with Crippen LogP contribution in [0.25, 0.3) is 0 Å². The molecule has 0 aliphatic carbocycles. The SMILES string of the molecule is CC(C)CCCC(C)Nc1nccc(C(=O)O)c1F. The van der Waals surface area contributed by atoms with Crippen LogP contribution in [0.1, 0.15) is 50.4 Å². The minimum absolute atomic E-state index is 0.0111. The molecule has 0 spiro atoms. The summed E-state index contributed by atoms with van der Waals surface area (Å²) in [6.07, 6.45) is 4.37. The molecule has 0 radical (unpaired) electrons. The lowest BCUT2D eigenvalue weighted by Crippen LogP contribution is -2.18. The second-order valence-corrected chi connectivity index (χ2v) is 5.20. The number of pyridine rings is 1. The van der Waals surface area contributed by atoms with Gasteiger partial charge in [0.25, 0.3) is 0 Å². The van der Waals surface area contributed by atoms with E-state index in [9.17, 15) is 9.18 Å². The fraction of sp³-hybridized carbons (Fsp3) is 0.571. The second kappa shape index (κ2) is 7.07. The first-order valence-electron chi connectivity index (χ1n) is 6.56. The summed E-state index contributed by atoms with van der Waals surface area (Å²) in [4.78, 5) is 14.7. The molecule has 0 saturated carbocycles. The van der Waals surface area contributed by atoms with Crippen molar-refractivity contribution in [2.75, 3.05) is 5.32 Å². The molecule has 1 heterocycles. The fourth-order valence-corrected chi connectivity index (χ4v) is 1.85. The molecule has 0 amide bonds. The van der Waals surface area contributed by atoms with Gasteiger partial charge in [0, 0.05) is 12.2 Å². The molecule has 1 atom stereocenters. The largest absolute Gasteiger partial charge is 0.478 e. The zero-order chi connectivity index (χ0) is 14.4. The quantitative estimate of drug-likeness (QED) is 0.794. The van der Waals surface area contributed by atoms with Crippen molar-refractivity contribution in [1.82, 2.24) is 4.98 Å². The van der Waals surface area contributed by atoms with Gasteiger partial charge in [-0.2, -0.15) is 0 Å². The number of rotatable bonds is 7. The van der Waals surface area contributed by atoms with E-state index < -0.39 is 11.8 Å². The van der Waals surface area contributed by atoms with Crippen LogP contribution in [0.5, 0.6) is 0 Å². The van der Waals surface area contributed by atoms with Crippen molar-refractivity contribution >= 4 is 11.8 Å². The molecule has 1 rings (SSSR count). The first-order valence-corrected chi connectivity index (χ1v) is 6.56. The van der Waals surface area contributed by atoms with Crippen LogP contribution in [0.2, 0.25) is 0 Å². The van der Waals surface area contributed by atoms with E-state index in [0.717, 1.165) is 25.3 Å². The molecule has 5 heteroatoms. The number of anilines is 1. The maximum absolute atomic E-state index is 13.8. The normalized spacial score (nSPS) is 12.5.